The van der Waals surface area contributed by atoms with Gasteiger partial charge in [0.1, 0.15) is 0 Å². The summed E-state index contributed by atoms with van der Waals surface area (Å²) in [6, 6.07) is 5.57. The van der Waals surface area contributed by atoms with Crippen LogP contribution < -0.4 is 14.8 Å². The van der Waals surface area contributed by atoms with E-state index in [9.17, 15) is 13.2 Å². The van der Waals surface area contributed by atoms with Crippen LogP contribution in [0, 0.1) is 17.8 Å². The SMILES string of the molecule is CCOc1ccc(CNC(=O)[C@H]2CCCN(S(=O)(=O)N3C[C@H](C)C[C@H](C)C3)C2)cc1OC. The average molecular weight is 468 g/mol. The summed E-state index contributed by atoms with van der Waals surface area (Å²) >= 11 is 0. The fraction of sp³-hybridized carbons (Fsp3) is 0.696. The Morgan fingerprint density at radius 2 is 1.84 bits per heavy atom. The van der Waals surface area contributed by atoms with Gasteiger partial charge in [-0.05, 0) is 55.7 Å². The molecule has 8 nitrogen and oxygen atoms in total. The second-order valence-electron chi connectivity index (χ2n) is 9.10. The van der Waals surface area contributed by atoms with Gasteiger partial charge in [0.25, 0.3) is 10.2 Å². The normalized spacial score (nSPS) is 25.3. The van der Waals surface area contributed by atoms with Crippen LogP contribution in [-0.2, 0) is 21.5 Å². The van der Waals surface area contributed by atoms with Crippen LogP contribution >= 0.6 is 0 Å². The Morgan fingerprint density at radius 3 is 2.50 bits per heavy atom. The van der Waals surface area contributed by atoms with Crippen LogP contribution in [-0.4, -0.2) is 62.8 Å². The lowest BCUT2D eigenvalue weighted by Crippen LogP contribution is -2.53. The first-order chi connectivity index (χ1) is 15.2. The number of amides is 1. The summed E-state index contributed by atoms with van der Waals surface area (Å²) < 4.78 is 40.5. The molecule has 32 heavy (non-hydrogen) atoms. The fourth-order valence-corrected chi connectivity index (χ4v) is 6.69. The van der Waals surface area contributed by atoms with Gasteiger partial charge in [-0.15, -0.1) is 0 Å². The van der Waals surface area contributed by atoms with E-state index < -0.39 is 10.2 Å². The highest BCUT2D eigenvalue weighted by atomic mass is 32.2. The minimum absolute atomic E-state index is 0.113. The van der Waals surface area contributed by atoms with E-state index in [0.29, 0.717) is 69.0 Å². The summed E-state index contributed by atoms with van der Waals surface area (Å²) in [7, 11) is -1.96. The van der Waals surface area contributed by atoms with Gasteiger partial charge in [-0.1, -0.05) is 19.9 Å². The molecule has 0 bridgehead atoms. The quantitative estimate of drug-likeness (QED) is 0.635. The highest BCUT2D eigenvalue weighted by Crippen LogP contribution is 2.29. The Morgan fingerprint density at radius 1 is 1.12 bits per heavy atom. The van der Waals surface area contributed by atoms with Gasteiger partial charge in [-0.25, -0.2) is 0 Å². The van der Waals surface area contributed by atoms with Crippen molar-refractivity contribution in [3.63, 3.8) is 0 Å². The van der Waals surface area contributed by atoms with Gasteiger partial charge >= 0.3 is 0 Å². The maximum atomic E-state index is 13.2. The molecule has 9 heteroatoms. The first kappa shape index (κ1) is 24.8. The first-order valence-electron chi connectivity index (χ1n) is 11.6. The smallest absolute Gasteiger partial charge is 0.282 e. The van der Waals surface area contributed by atoms with Crippen molar-refractivity contribution >= 4 is 16.1 Å². The lowest BCUT2D eigenvalue weighted by Gasteiger charge is -2.39. The molecule has 2 aliphatic heterocycles. The lowest BCUT2D eigenvalue weighted by atomic mass is 9.94. The summed E-state index contributed by atoms with van der Waals surface area (Å²) in [5.74, 6) is 1.53. The first-order valence-corrected chi connectivity index (χ1v) is 13.0. The summed E-state index contributed by atoms with van der Waals surface area (Å²) in [5, 5.41) is 2.97. The monoisotopic (exact) mass is 467 g/mol. The molecule has 0 saturated carbocycles. The molecule has 1 aromatic carbocycles. The lowest BCUT2D eigenvalue weighted by molar-refractivity contribution is -0.126. The third kappa shape index (κ3) is 5.94. The summed E-state index contributed by atoms with van der Waals surface area (Å²) in [5.41, 5.74) is 0.898. The van der Waals surface area contributed by atoms with Crippen molar-refractivity contribution in [1.82, 2.24) is 13.9 Å². The molecule has 1 aromatic rings. The van der Waals surface area contributed by atoms with Gasteiger partial charge in [0.15, 0.2) is 11.5 Å². The zero-order valence-electron chi connectivity index (χ0n) is 19.7. The predicted molar refractivity (Wildman–Crippen MR) is 124 cm³/mol. The number of hydrogen-bond acceptors (Lipinski definition) is 5. The number of ether oxygens (including phenoxy) is 2. The largest absolute Gasteiger partial charge is 0.493 e. The van der Waals surface area contributed by atoms with E-state index in [1.165, 1.54) is 4.31 Å². The number of nitrogens with one attached hydrogen (secondary N) is 1. The number of piperidine rings is 2. The van der Waals surface area contributed by atoms with E-state index in [4.69, 9.17) is 9.47 Å². The molecule has 2 fully saturated rings. The van der Waals surface area contributed by atoms with Gasteiger partial charge in [-0.3, -0.25) is 4.79 Å². The zero-order valence-corrected chi connectivity index (χ0v) is 20.5. The van der Waals surface area contributed by atoms with Crippen LogP contribution in [0.4, 0.5) is 0 Å². The average Bonchev–Trinajstić information content (AvgIpc) is 2.77. The van der Waals surface area contributed by atoms with Crippen LogP contribution in [0.5, 0.6) is 11.5 Å². The van der Waals surface area contributed by atoms with Gasteiger partial charge in [0.2, 0.25) is 5.91 Å². The predicted octanol–water partition coefficient (Wildman–Crippen LogP) is 2.64. The highest BCUT2D eigenvalue weighted by molar-refractivity contribution is 7.86. The van der Waals surface area contributed by atoms with E-state index in [1.807, 2.05) is 25.1 Å². The van der Waals surface area contributed by atoms with Crippen LogP contribution in [0.2, 0.25) is 0 Å². The number of carbonyl (C=O) groups excluding carboxylic acids is 1. The number of carbonyl (C=O) groups is 1. The van der Waals surface area contributed by atoms with E-state index in [1.54, 1.807) is 11.4 Å². The van der Waals surface area contributed by atoms with E-state index >= 15 is 0 Å². The number of hydrogen-bond donors (Lipinski definition) is 1. The van der Waals surface area contributed by atoms with Gasteiger partial charge < -0.3 is 14.8 Å². The zero-order chi connectivity index (χ0) is 23.3. The van der Waals surface area contributed by atoms with E-state index in [2.05, 4.69) is 19.2 Å². The second-order valence-corrected chi connectivity index (χ2v) is 11.0. The fourth-order valence-electron chi connectivity index (χ4n) is 4.75. The third-order valence-electron chi connectivity index (χ3n) is 6.24. The Hall–Kier alpha value is -1.84. The molecular formula is C23H37N3O5S. The van der Waals surface area contributed by atoms with Crippen molar-refractivity contribution in [2.75, 3.05) is 39.9 Å². The summed E-state index contributed by atoms with van der Waals surface area (Å²) in [6.45, 7) is 8.82. The number of methoxy groups -OCH3 is 1. The Balaban J connectivity index is 1.59. The number of benzene rings is 1. The molecule has 1 amide bonds. The molecule has 3 atom stereocenters. The minimum atomic E-state index is -3.55. The topological polar surface area (TPSA) is 88.2 Å². The van der Waals surface area contributed by atoms with Crippen molar-refractivity contribution in [1.29, 1.82) is 0 Å². The standard InChI is InChI=1S/C23H37N3O5S/c1-5-31-21-9-8-19(12-22(21)30-4)13-24-23(27)20-7-6-10-25(16-20)32(28,29)26-14-17(2)11-18(3)15-26/h8-9,12,17-18,20H,5-7,10-11,13-16H2,1-4H3,(H,24,27)/t17-,18+,20-/m0/s1. The van der Waals surface area contributed by atoms with Crippen molar-refractivity contribution in [2.45, 2.75) is 46.6 Å². The van der Waals surface area contributed by atoms with Crippen molar-refractivity contribution in [3.05, 3.63) is 23.8 Å². The van der Waals surface area contributed by atoms with Crippen molar-refractivity contribution in [2.24, 2.45) is 17.8 Å². The number of nitrogens with zero attached hydrogens (tertiary/aromatic N) is 2. The second kappa shape index (κ2) is 10.9. The molecule has 1 N–H and O–H groups in total. The molecule has 180 valence electrons. The molecular weight excluding hydrogens is 430 g/mol. The van der Waals surface area contributed by atoms with Crippen molar-refractivity contribution < 1.29 is 22.7 Å². The van der Waals surface area contributed by atoms with E-state index in [0.717, 1.165) is 12.0 Å². The van der Waals surface area contributed by atoms with Crippen LogP contribution in [0.3, 0.4) is 0 Å². The molecule has 0 aromatic heterocycles. The molecule has 2 saturated heterocycles. The Bertz CT molecular complexity index is 882. The van der Waals surface area contributed by atoms with Gasteiger partial charge in [0, 0.05) is 32.7 Å². The summed E-state index contributed by atoms with van der Waals surface area (Å²) in [4.78, 5) is 12.8. The number of rotatable bonds is 8. The van der Waals surface area contributed by atoms with E-state index in [-0.39, 0.29) is 18.4 Å². The molecule has 2 heterocycles. The molecule has 0 unspecified atom stereocenters. The van der Waals surface area contributed by atoms with Crippen LogP contribution in [0.1, 0.15) is 45.6 Å². The Labute approximate surface area is 192 Å². The summed E-state index contributed by atoms with van der Waals surface area (Å²) in [6.07, 6.45) is 2.43. The molecule has 3 rings (SSSR count). The van der Waals surface area contributed by atoms with Crippen LogP contribution in [0.25, 0.3) is 0 Å². The maximum Gasteiger partial charge on any atom is 0.282 e. The molecule has 2 aliphatic rings. The van der Waals surface area contributed by atoms with Crippen LogP contribution in [0.15, 0.2) is 18.2 Å². The molecule has 0 aliphatic carbocycles. The Kier molecular flexibility index (Phi) is 8.41. The van der Waals surface area contributed by atoms with Gasteiger partial charge in [-0.2, -0.15) is 17.0 Å². The van der Waals surface area contributed by atoms with Gasteiger partial charge in [0.05, 0.1) is 19.6 Å². The van der Waals surface area contributed by atoms with Crippen molar-refractivity contribution in [3.8, 4) is 11.5 Å². The minimum Gasteiger partial charge on any atom is -0.493 e. The maximum absolute atomic E-state index is 13.2. The third-order valence-corrected chi connectivity index (χ3v) is 8.17. The molecule has 0 radical (unpaired) electrons. The molecule has 0 spiro atoms. The highest BCUT2D eigenvalue weighted by Gasteiger charge is 2.38.